The molecule has 0 aromatic heterocycles. The summed E-state index contributed by atoms with van der Waals surface area (Å²) in [5.41, 5.74) is 2.37. The number of hydrogen-bond donors (Lipinski definition) is 0. The maximum atomic E-state index is 12.6. The first-order valence-electron chi connectivity index (χ1n) is 11.8. The van der Waals surface area contributed by atoms with E-state index in [0.717, 1.165) is 18.8 Å². The number of benzene rings is 1. The van der Waals surface area contributed by atoms with Crippen molar-refractivity contribution in [2.45, 2.75) is 46.1 Å². The highest BCUT2D eigenvalue weighted by Gasteiger charge is 2.54. The van der Waals surface area contributed by atoms with Gasteiger partial charge in [0.1, 0.15) is 5.75 Å². The molecule has 3 aliphatic rings. The van der Waals surface area contributed by atoms with Gasteiger partial charge in [-0.15, -0.1) is 0 Å². The Morgan fingerprint density at radius 2 is 1.87 bits per heavy atom. The molecule has 170 valence electrons. The number of fused-ring (bicyclic) bond motifs is 2. The second-order valence-electron chi connectivity index (χ2n) is 9.75. The number of likely N-dealkylation sites (tertiary alicyclic amines) is 1. The molecule has 5 nitrogen and oxygen atoms in total. The Bertz CT molecular complexity index is 798. The Balaban J connectivity index is 1.47. The monoisotopic (exact) mass is 427 g/mol. The van der Waals surface area contributed by atoms with Crippen molar-refractivity contribution in [3.05, 3.63) is 41.5 Å². The quantitative estimate of drug-likeness (QED) is 0.489. The van der Waals surface area contributed by atoms with Gasteiger partial charge in [-0.25, -0.2) is 0 Å². The van der Waals surface area contributed by atoms with Crippen molar-refractivity contribution < 1.29 is 19.0 Å². The van der Waals surface area contributed by atoms with Gasteiger partial charge >= 0.3 is 5.97 Å². The van der Waals surface area contributed by atoms with Crippen LogP contribution in [0.25, 0.3) is 0 Å². The fourth-order valence-corrected chi connectivity index (χ4v) is 5.91. The second-order valence-corrected chi connectivity index (χ2v) is 9.75. The van der Waals surface area contributed by atoms with Crippen LogP contribution >= 0.6 is 0 Å². The van der Waals surface area contributed by atoms with Crippen LogP contribution < -0.4 is 4.74 Å². The summed E-state index contributed by atoms with van der Waals surface area (Å²) in [7, 11) is 1.69. The molecule has 1 aromatic carbocycles. The third kappa shape index (κ3) is 4.40. The Hall–Kier alpha value is -1.85. The fourth-order valence-electron chi connectivity index (χ4n) is 5.91. The average molecular weight is 428 g/mol. The molecule has 2 aliphatic heterocycles. The highest BCUT2D eigenvalue weighted by molar-refractivity contribution is 5.71. The third-order valence-electron chi connectivity index (χ3n) is 8.00. The molecule has 0 saturated carbocycles. The zero-order valence-electron chi connectivity index (χ0n) is 19.4. The molecule has 2 fully saturated rings. The molecular weight excluding hydrogens is 390 g/mol. The van der Waals surface area contributed by atoms with Gasteiger partial charge in [-0.3, -0.25) is 9.69 Å². The zero-order valence-corrected chi connectivity index (χ0v) is 19.4. The van der Waals surface area contributed by atoms with Crippen LogP contribution in [0.4, 0.5) is 0 Å². The molecule has 5 unspecified atom stereocenters. The van der Waals surface area contributed by atoms with Crippen LogP contribution in [0.2, 0.25) is 0 Å². The number of allylic oxidation sites excluding steroid dienone is 1. The number of piperidine rings is 1. The molecule has 2 heterocycles. The first kappa shape index (κ1) is 22.3. The fraction of sp³-hybridized carbons (Fsp3) is 0.654. The number of hydrogen-bond acceptors (Lipinski definition) is 5. The van der Waals surface area contributed by atoms with E-state index < -0.39 is 0 Å². The Morgan fingerprint density at radius 1 is 1.16 bits per heavy atom. The van der Waals surface area contributed by atoms with Crippen LogP contribution in [-0.4, -0.2) is 50.8 Å². The molecule has 4 rings (SSSR count). The van der Waals surface area contributed by atoms with Crippen LogP contribution in [0.15, 0.2) is 35.9 Å². The van der Waals surface area contributed by atoms with Gasteiger partial charge in [-0.05, 0) is 62.4 Å². The minimum Gasteiger partial charge on any atom is -0.497 e. The molecule has 0 N–H and O–H groups in total. The number of nitrogens with zero attached hydrogens (tertiary/aromatic N) is 1. The SMILES string of the molecule is COc1ccc(C2OCC3(COC(=O)CN4CCCCC4)C(C)C=C(C)C2C3C)cc1. The lowest BCUT2D eigenvalue weighted by atomic mass is 9.56. The normalized spacial score (nSPS) is 33.5. The van der Waals surface area contributed by atoms with Gasteiger partial charge in [0.25, 0.3) is 0 Å². The summed E-state index contributed by atoms with van der Waals surface area (Å²) in [6, 6.07) is 8.20. The molecule has 1 aromatic rings. The van der Waals surface area contributed by atoms with Crippen molar-refractivity contribution in [3.63, 3.8) is 0 Å². The summed E-state index contributed by atoms with van der Waals surface area (Å²) in [6.45, 7) is 10.2. The maximum Gasteiger partial charge on any atom is 0.320 e. The average Bonchev–Trinajstić information content (AvgIpc) is 2.77. The predicted molar refractivity (Wildman–Crippen MR) is 121 cm³/mol. The van der Waals surface area contributed by atoms with E-state index >= 15 is 0 Å². The largest absolute Gasteiger partial charge is 0.497 e. The summed E-state index contributed by atoms with van der Waals surface area (Å²) in [5.74, 6) is 1.69. The standard InChI is InChI=1S/C26H37NO4/c1-18-14-19(2)26(16-30-23(28)15-27-12-6-5-7-13-27)17-31-25(24(18)20(26)3)21-8-10-22(29-4)11-9-21/h8-11,14,19-20,24-25H,5-7,12-13,15-17H2,1-4H3. The topological polar surface area (TPSA) is 48.0 Å². The molecule has 1 aliphatic carbocycles. The van der Waals surface area contributed by atoms with Crippen molar-refractivity contribution in [3.8, 4) is 5.75 Å². The van der Waals surface area contributed by atoms with E-state index in [1.54, 1.807) is 7.11 Å². The van der Waals surface area contributed by atoms with E-state index in [1.165, 1.54) is 30.4 Å². The van der Waals surface area contributed by atoms with E-state index in [9.17, 15) is 4.79 Å². The van der Waals surface area contributed by atoms with Crippen molar-refractivity contribution in [1.82, 2.24) is 4.90 Å². The number of esters is 1. The predicted octanol–water partition coefficient (Wildman–Crippen LogP) is 4.63. The van der Waals surface area contributed by atoms with Crippen LogP contribution in [-0.2, 0) is 14.3 Å². The number of ether oxygens (including phenoxy) is 3. The smallest absolute Gasteiger partial charge is 0.320 e. The number of carbonyl (C=O) groups is 1. The molecule has 2 saturated heterocycles. The van der Waals surface area contributed by atoms with Crippen LogP contribution in [0.5, 0.6) is 5.75 Å². The number of carbonyl (C=O) groups excluding carboxylic acids is 1. The lowest BCUT2D eigenvalue weighted by molar-refractivity contribution is -0.182. The highest BCUT2D eigenvalue weighted by Crippen LogP contribution is 2.56. The number of methoxy groups -OCH3 is 1. The van der Waals surface area contributed by atoms with E-state index in [-0.39, 0.29) is 23.4 Å². The summed E-state index contributed by atoms with van der Waals surface area (Å²) >= 11 is 0. The van der Waals surface area contributed by atoms with Crippen molar-refractivity contribution in [1.29, 1.82) is 0 Å². The first-order chi connectivity index (χ1) is 14.9. The zero-order chi connectivity index (χ0) is 22.0. The minimum absolute atomic E-state index is 0.0156. The molecular formula is C26H37NO4. The van der Waals surface area contributed by atoms with E-state index in [0.29, 0.717) is 31.6 Å². The molecule has 0 radical (unpaired) electrons. The second kappa shape index (κ2) is 9.33. The Kier molecular flexibility index (Phi) is 6.73. The maximum absolute atomic E-state index is 12.6. The Morgan fingerprint density at radius 3 is 2.55 bits per heavy atom. The lowest BCUT2D eigenvalue weighted by Gasteiger charge is -2.55. The highest BCUT2D eigenvalue weighted by atomic mass is 16.5. The lowest BCUT2D eigenvalue weighted by Crippen LogP contribution is -2.54. The van der Waals surface area contributed by atoms with Gasteiger partial charge in [0.2, 0.25) is 0 Å². The molecule has 5 heteroatoms. The van der Waals surface area contributed by atoms with Gasteiger partial charge in [-0.1, -0.05) is 44.1 Å². The summed E-state index contributed by atoms with van der Waals surface area (Å²) in [4.78, 5) is 14.8. The molecule has 0 spiro atoms. The molecule has 5 atom stereocenters. The van der Waals surface area contributed by atoms with Gasteiger partial charge in [-0.2, -0.15) is 0 Å². The van der Waals surface area contributed by atoms with Crippen molar-refractivity contribution in [2.75, 3.05) is 40.0 Å². The van der Waals surface area contributed by atoms with Gasteiger partial charge < -0.3 is 14.2 Å². The van der Waals surface area contributed by atoms with Crippen LogP contribution in [0, 0.1) is 23.2 Å². The molecule has 2 bridgehead atoms. The Labute approximate surface area is 186 Å². The van der Waals surface area contributed by atoms with E-state index in [1.807, 2.05) is 12.1 Å². The third-order valence-corrected chi connectivity index (χ3v) is 8.00. The van der Waals surface area contributed by atoms with Gasteiger partial charge in [0.15, 0.2) is 0 Å². The summed E-state index contributed by atoms with van der Waals surface area (Å²) < 4.78 is 17.7. The minimum atomic E-state index is -0.176. The molecule has 0 amide bonds. The summed E-state index contributed by atoms with van der Waals surface area (Å²) in [5, 5.41) is 0. The summed E-state index contributed by atoms with van der Waals surface area (Å²) in [6.07, 6.45) is 6.02. The molecule has 31 heavy (non-hydrogen) atoms. The van der Waals surface area contributed by atoms with Gasteiger partial charge in [0.05, 0.1) is 33.0 Å². The van der Waals surface area contributed by atoms with E-state index in [4.69, 9.17) is 14.2 Å². The van der Waals surface area contributed by atoms with Crippen molar-refractivity contribution >= 4 is 5.97 Å². The van der Waals surface area contributed by atoms with Gasteiger partial charge in [0, 0.05) is 11.3 Å². The first-order valence-corrected chi connectivity index (χ1v) is 11.8. The number of rotatable bonds is 6. The van der Waals surface area contributed by atoms with Crippen molar-refractivity contribution in [2.24, 2.45) is 23.2 Å². The van der Waals surface area contributed by atoms with Crippen LogP contribution in [0.1, 0.15) is 51.7 Å². The van der Waals surface area contributed by atoms with Crippen LogP contribution in [0.3, 0.4) is 0 Å². The van der Waals surface area contributed by atoms with E-state index in [2.05, 4.69) is 43.9 Å².